The second-order valence-electron chi connectivity index (χ2n) is 8.05. The predicted octanol–water partition coefficient (Wildman–Crippen LogP) is 7.73. The first-order valence-electron chi connectivity index (χ1n) is 11.2. The first kappa shape index (κ1) is 25.2. The van der Waals surface area contributed by atoms with E-state index in [0.29, 0.717) is 28.1 Å². The number of thiocarbonyl (C=S) groups is 1. The van der Waals surface area contributed by atoms with Gasteiger partial charge in [0.15, 0.2) is 5.11 Å². The van der Waals surface area contributed by atoms with Crippen LogP contribution in [0.4, 0.5) is 0 Å². The smallest absolute Gasteiger partial charge is 0.250 e. The fourth-order valence-electron chi connectivity index (χ4n) is 3.59. The molecule has 1 amide bonds. The van der Waals surface area contributed by atoms with Gasteiger partial charge in [0, 0.05) is 33.8 Å². The van der Waals surface area contributed by atoms with Gasteiger partial charge in [0.05, 0.1) is 10.2 Å². The number of nitrogens with zero attached hydrogens (tertiary/aromatic N) is 1. The van der Waals surface area contributed by atoms with Crippen molar-refractivity contribution in [2.45, 2.75) is 6.54 Å². The number of benzene rings is 3. The van der Waals surface area contributed by atoms with Crippen LogP contribution < -0.4 is 10.6 Å². The number of fused-ring (bicyclic) bond motifs is 1. The Morgan fingerprint density at radius 1 is 0.973 bits per heavy atom. The fraction of sp³-hybridized carbons (Fsp3) is 0.0357. The van der Waals surface area contributed by atoms with Crippen molar-refractivity contribution >= 4 is 74.1 Å². The number of amides is 1. The van der Waals surface area contributed by atoms with Gasteiger partial charge >= 0.3 is 0 Å². The maximum atomic E-state index is 12.3. The van der Waals surface area contributed by atoms with E-state index in [-0.39, 0.29) is 11.0 Å². The molecule has 2 aromatic heterocycles. The lowest BCUT2D eigenvalue weighted by Gasteiger charge is -2.08. The summed E-state index contributed by atoms with van der Waals surface area (Å²) >= 11 is 19.0. The van der Waals surface area contributed by atoms with Crippen molar-refractivity contribution in [3.8, 4) is 21.9 Å². The summed E-state index contributed by atoms with van der Waals surface area (Å²) in [6.45, 7) is 0.479. The largest absolute Gasteiger partial charge is 0.457 e. The standard InChI is InChI=1S/C28H19Cl2N3O2S2/c29-20-13-19(14-21(30)15-20)24-11-9-22(35-24)10-12-26(34)33-28(36)31-16-17-5-7-18(8-6-17)27-32-23-3-1-2-4-25(23)37-27/h1-15H,16H2,(H2,31,33,34,36)/b12-10+. The van der Waals surface area contributed by atoms with Crippen molar-refractivity contribution in [3.63, 3.8) is 0 Å². The minimum atomic E-state index is -0.368. The third-order valence-electron chi connectivity index (χ3n) is 5.36. The molecule has 5 aromatic rings. The molecular weight excluding hydrogens is 545 g/mol. The summed E-state index contributed by atoms with van der Waals surface area (Å²) in [6.07, 6.45) is 2.92. The average molecular weight is 565 g/mol. The molecule has 2 N–H and O–H groups in total. The number of hydrogen-bond acceptors (Lipinski definition) is 5. The zero-order valence-electron chi connectivity index (χ0n) is 19.2. The highest BCUT2D eigenvalue weighted by atomic mass is 35.5. The zero-order valence-corrected chi connectivity index (χ0v) is 22.3. The molecule has 0 saturated carbocycles. The number of furan rings is 1. The van der Waals surface area contributed by atoms with E-state index in [4.69, 9.17) is 44.8 Å². The normalized spacial score (nSPS) is 11.2. The van der Waals surface area contributed by atoms with Gasteiger partial charge in [-0.2, -0.15) is 0 Å². The van der Waals surface area contributed by atoms with E-state index >= 15 is 0 Å². The molecule has 0 aliphatic carbocycles. The summed E-state index contributed by atoms with van der Waals surface area (Å²) in [4.78, 5) is 17.0. The summed E-state index contributed by atoms with van der Waals surface area (Å²) in [5.74, 6) is 0.733. The molecule has 0 bridgehead atoms. The lowest BCUT2D eigenvalue weighted by atomic mass is 10.1. The number of para-hydroxylation sites is 1. The lowest BCUT2D eigenvalue weighted by molar-refractivity contribution is -0.115. The number of aromatic nitrogens is 1. The van der Waals surface area contributed by atoms with Gasteiger partial charge in [-0.3, -0.25) is 10.1 Å². The molecule has 0 atom stereocenters. The maximum Gasteiger partial charge on any atom is 0.250 e. The molecule has 3 aromatic carbocycles. The Labute approximate surface area is 232 Å². The Bertz CT molecular complexity index is 1570. The SMILES string of the molecule is O=C(/C=C/c1ccc(-c2cc(Cl)cc(Cl)c2)o1)NC(=S)NCc1ccc(-c2nc3ccccc3s2)cc1. The van der Waals surface area contributed by atoms with Crippen LogP contribution in [0.25, 0.3) is 38.2 Å². The van der Waals surface area contributed by atoms with Crippen LogP contribution in [0.3, 0.4) is 0 Å². The maximum absolute atomic E-state index is 12.3. The fourth-order valence-corrected chi connectivity index (χ4v) is 5.26. The first-order chi connectivity index (χ1) is 17.9. The van der Waals surface area contributed by atoms with Gasteiger partial charge in [-0.05, 0) is 66.3 Å². The van der Waals surface area contributed by atoms with Crippen molar-refractivity contribution in [1.29, 1.82) is 0 Å². The Balaban J connectivity index is 1.12. The van der Waals surface area contributed by atoms with E-state index in [1.165, 1.54) is 6.08 Å². The summed E-state index contributed by atoms with van der Waals surface area (Å²) in [7, 11) is 0. The Hall–Kier alpha value is -3.49. The molecule has 184 valence electrons. The van der Waals surface area contributed by atoms with Crippen LogP contribution in [0, 0.1) is 0 Å². The zero-order chi connectivity index (χ0) is 25.8. The van der Waals surface area contributed by atoms with Crippen molar-refractivity contribution in [3.05, 3.63) is 106 Å². The number of carbonyl (C=O) groups is 1. The molecule has 0 unspecified atom stereocenters. The van der Waals surface area contributed by atoms with Gasteiger partial charge in [-0.15, -0.1) is 11.3 Å². The molecule has 0 spiro atoms. The third-order valence-corrected chi connectivity index (χ3v) is 7.13. The van der Waals surface area contributed by atoms with Gasteiger partial charge in [0.25, 0.3) is 0 Å². The highest BCUT2D eigenvalue weighted by Crippen LogP contribution is 2.30. The van der Waals surface area contributed by atoms with Crippen molar-refractivity contribution in [1.82, 2.24) is 15.6 Å². The van der Waals surface area contributed by atoms with E-state index in [0.717, 1.165) is 31.9 Å². The van der Waals surface area contributed by atoms with E-state index in [9.17, 15) is 4.79 Å². The van der Waals surface area contributed by atoms with E-state index < -0.39 is 0 Å². The second kappa shape index (κ2) is 11.3. The molecule has 0 aliphatic rings. The van der Waals surface area contributed by atoms with Crippen LogP contribution in [0.5, 0.6) is 0 Å². The Kier molecular flexibility index (Phi) is 7.67. The molecule has 9 heteroatoms. The van der Waals surface area contributed by atoms with Crippen LogP contribution in [0.2, 0.25) is 10.0 Å². The van der Waals surface area contributed by atoms with Gasteiger partial charge in [0.1, 0.15) is 16.5 Å². The third kappa shape index (κ3) is 6.45. The van der Waals surface area contributed by atoms with Crippen LogP contribution in [0.15, 0.2) is 89.4 Å². The van der Waals surface area contributed by atoms with Crippen molar-refractivity contribution < 1.29 is 9.21 Å². The Morgan fingerprint density at radius 3 is 2.49 bits per heavy atom. The van der Waals surface area contributed by atoms with E-state index in [1.54, 1.807) is 47.7 Å². The van der Waals surface area contributed by atoms with Crippen LogP contribution >= 0.6 is 46.8 Å². The summed E-state index contributed by atoms with van der Waals surface area (Å²) in [6, 6.07) is 24.9. The molecule has 0 aliphatic heterocycles. The molecule has 5 rings (SSSR count). The van der Waals surface area contributed by atoms with Gasteiger partial charge in [0.2, 0.25) is 5.91 Å². The molecule has 37 heavy (non-hydrogen) atoms. The molecule has 0 fully saturated rings. The predicted molar refractivity (Wildman–Crippen MR) is 156 cm³/mol. The summed E-state index contributed by atoms with van der Waals surface area (Å²) in [5.41, 5.74) is 3.84. The molecule has 0 saturated heterocycles. The van der Waals surface area contributed by atoms with Gasteiger partial charge < -0.3 is 9.73 Å². The number of halogens is 2. The van der Waals surface area contributed by atoms with Gasteiger partial charge in [-0.1, -0.05) is 59.6 Å². The average Bonchev–Trinajstić information content (AvgIpc) is 3.53. The van der Waals surface area contributed by atoms with Crippen molar-refractivity contribution in [2.75, 3.05) is 0 Å². The van der Waals surface area contributed by atoms with E-state index in [1.807, 2.05) is 42.5 Å². The van der Waals surface area contributed by atoms with Gasteiger partial charge in [-0.25, -0.2) is 4.98 Å². The second-order valence-corrected chi connectivity index (χ2v) is 10.4. The topological polar surface area (TPSA) is 67.2 Å². The number of nitrogens with one attached hydrogen (secondary N) is 2. The molecule has 2 heterocycles. The highest BCUT2D eigenvalue weighted by molar-refractivity contribution is 7.80. The molecular formula is C28H19Cl2N3O2S2. The summed E-state index contributed by atoms with van der Waals surface area (Å²) < 4.78 is 6.93. The molecule has 0 radical (unpaired) electrons. The highest BCUT2D eigenvalue weighted by Gasteiger charge is 2.08. The van der Waals surface area contributed by atoms with Crippen LogP contribution in [-0.2, 0) is 11.3 Å². The summed E-state index contributed by atoms with van der Waals surface area (Å²) in [5, 5.41) is 7.93. The van der Waals surface area contributed by atoms with Crippen LogP contribution in [-0.4, -0.2) is 16.0 Å². The number of rotatable bonds is 6. The van der Waals surface area contributed by atoms with E-state index in [2.05, 4.69) is 16.7 Å². The number of carbonyl (C=O) groups excluding carboxylic acids is 1. The monoisotopic (exact) mass is 563 g/mol. The minimum Gasteiger partial charge on any atom is -0.457 e. The Morgan fingerprint density at radius 2 is 1.73 bits per heavy atom. The van der Waals surface area contributed by atoms with Crippen LogP contribution in [0.1, 0.15) is 11.3 Å². The number of thiazole rings is 1. The quantitative estimate of drug-likeness (QED) is 0.163. The first-order valence-corrected chi connectivity index (χ1v) is 13.2. The van der Waals surface area contributed by atoms with Crippen molar-refractivity contribution in [2.24, 2.45) is 0 Å². The number of hydrogen-bond donors (Lipinski definition) is 2. The lowest BCUT2D eigenvalue weighted by Crippen LogP contribution is -2.37. The minimum absolute atomic E-state index is 0.235. The molecule has 5 nitrogen and oxygen atoms in total.